The van der Waals surface area contributed by atoms with Crippen LogP contribution in [0.25, 0.3) is 10.9 Å². The molecule has 0 amide bonds. The summed E-state index contributed by atoms with van der Waals surface area (Å²) in [7, 11) is 0. The third-order valence-corrected chi connectivity index (χ3v) is 5.91. The van der Waals surface area contributed by atoms with Crippen LogP contribution in [0, 0.1) is 11.8 Å². The van der Waals surface area contributed by atoms with Crippen LogP contribution in [0.3, 0.4) is 0 Å². The maximum atomic E-state index is 4.19. The molecule has 0 spiro atoms. The van der Waals surface area contributed by atoms with E-state index in [1.54, 1.807) is 6.20 Å². The van der Waals surface area contributed by atoms with Crippen molar-refractivity contribution in [2.75, 3.05) is 18.4 Å². The van der Waals surface area contributed by atoms with Crippen LogP contribution < -0.4 is 5.32 Å². The van der Waals surface area contributed by atoms with Gasteiger partial charge in [0.15, 0.2) is 0 Å². The minimum atomic E-state index is 0.523. The zero-order valence-corrected chi connectivity index (χ0v) is 14.2. The van der Waals surface area contributed by atoms with Crippen LogP contribution in [0.1, 0.15) is 18.4 Å². The Hall–Kier alpha value is -2.40. The number of likely N-dealkylation sites (tertiary alicyclic amines) is 1. The summed E-state index contributed by atoms with van der Waals surface area (Å²) >= 11 is 0. The highest BCUT2D eigenvalue weighted by Gasteiger charge is 2.42. The van der Waals surface area contributed by atoms with Gasteiger partial charge >= 0.3 is 0 Å². The number of rotatable bonds is 4. The normalized spacial score (nSPS) is 26.2. The Balaban J connectivity index is 1.28. The van der Waals surface area contributed by atoms with Crippen molar-refractivity contribution in [3.63, 3.8) is 0 Å². The third-order valence-electron chi connectivity index (χ3n) is 5.91. The van der Waals surface area contributed by atoms with Gasteiger partial charge < -0.3 is 10.3 Å². The summed E-state index contributed by atoms with van der Waals surface area (Å²) in [5.41, 5.74) is 2.65. The molecule has 1 aliphatic heterocycles. The predicted octanol–water partition coefficient (Wildman–Crippen LogP) is 3.28. The molecule has 2 aliphatic rings. The van der Waals surface area contributed by atoms with Gasteiger partial charge in [-0.2, -0.15) is 5.10 Å². The molecule has 5 nitrogen and oxygen atoms in total. The molecule has 2 N–H and O–H groups in total. The van der Waals surface area contributed by atoms with E-state index in [0.717, 1.165) is 18.3 Å². The van der Waals surface area contributed by atoms with Crippen molar-refractivity contribution in [2.24, 2.45) is 11.8 Å². The van der Waals surface area contributed by atoms with E-state index in [2.05, 4.69) is 55.9 Å². The van der Waals surface area contributed by atoms with Gasteiger partial charge in [-0.25, -0.2) is 0 Å². The molecule has 3 atom stereocenters. The molecule has 5 heteroatoms. The van der Waals surface area contributed by atoms with E-state index in [0.29, 0.717) is 12.0 Å². The third kappa shape index (κ3) is 2.78. The maximum Gasteiger partial charge on any atom is 0.148 e. The van der Waals surface area contributed by atoms with Crippen molar-refractivity contribution >= 4 is 16.7 Å². The summed E-state index contributed by atoms with van der Waals surface area (Å²) < 4.78 is 0. The number of hydrogen-bond donors (Lipinski definition) is 2. The smallest absolute Gasteiger partial charge is 0.148 e. The van der Waals surface area contributed by atoms with Gasteiger partial charge in [-0.1, -0.05) is 18.2 Å². The zero-order valence-electron chi connectivity index (χ0n) is 14.2. The van der Waals surface area contributed by atoms with Crippen LogP contribution in [-0.4, -0.2) is 39.2 Å². The molecule has 0 bridgehead atoms. The van der Waals surface area contributed by atoms with Gasteiger partial charge in [-0.15, -0.1) is 5.10 Å². The Labute approximate surface area is 147 Å². The summed E-state index contributed by atoms with van der Waals surface area (Å²) in [6.45, 7) is 3.42. The fourth-order valence-corrected chi connectivity index (χ4v) is 4.74. The summed E-state index contributed by atoms with van der Waals surface area (Å²) in [6.07, 6.45) is 6.45. The van der Waals surface area contributed by atoms with Gasteiger partial charge in [0.25, 0.3) is 0 Å². The first-order chi connectivity index (χ1) is 12.4. The van der Waals surface area contributed by atoms with Gasteiger partial charge in [0.05, 0.1) is 0 Å². The van der Waals surface area contributed by atoms with Crippen LogP contribution in [-0.2, 0) is 6.54 Å². The standard InChI is InChI=1S/C20H23N5/c1-2-5-18-16(4-1)15(10-21-18)12-25-11-14-7-8-19(17(14)13-25)23-20-6-3-9-22-24-20/h1-6,9-10,14,17,19,21H,7-8,11-13H2,(H,23,24)/t14-,17+,19-/m1/s1. The van der Waals surface area contributed by atoms with Gasteiger partial charge in [0, 0.05) is 49.0 Å². The number of fused-ring (bicyclic) bond motifs is 2. The number of nitrogens with zero attached hydrogens (tertiary/aromatic N) is 3. The lowest BCUT2D eigenvalue weighted by atomic mass is 9.98. The van der Waals surface area contributed by atoms with E-state index in [1.165, 1.54) is 42.4 Å². The predicted molar refractivity (Wildman–Crippen MR) is 99.2 cm³/mol. The molecule has 1 saturated carbocycles. The molecule has 2 aromatic heterocycles. The molecular weight excluding hydrogens is 310 g/mol. The molecule has 1 aliphatic carbocycles. The Morgan fingerprint density at radius 2 is 2.08 bits per heavy atom. The number of aromatic nitrogens is 3. The Morgan fingerprint density at radius 1 is 1.12 bits per heavy atom. The summed E-state index contributed by atoms with van der Waals surface area (Å²) in [5, 5.41) is 13.1. The van der Waals surface area contributed by atoms with Gasteiger partial charge in [-0.3, -0.25) is 4.90 Å². The molecule has 0 unspecified atom stereocenters. The molecule has 3 heterocycles. The second kappa shape index (κ2) is 6.15. The highest BCUT2D eigenvalue weighted by molar-refractivity contribution is 5.82. The van der Waals surface area contributed by atoms with E-state index in [4.69, 9.17) is 0 Å². The number of aromatic amines is 1. The summed E-state index contributed by atoms with van der Waals surface area (Å²) in [5.74, 6) is 2.43. The molecule has 2 fully saturated rings. The SMILES string of the molecule is c1cnnc(N[C@@H]2CC[C@@H]3CN(Cc4c[nH]c5ccccc45)C[C@@H]32)c1. The van der Waals surface area contributed by atoms with Crippen molar-refractivity contribution in [3.05, 3.63) is 54.4 Å². The van der Waals surface area contributed by atoms with Crippen LogP contribution >= 0.6 is 0 Å². The zero-order chi connectivity index (χ0) is 16.6. The Morgan fingerprint density at radius 3 is 3.00 bits per heavy atom. The maximum absolute atomic E-state index is 4.19. The molecule has 1 saturated heterocycles. The van der Waals surface area contributed by atoms with Crippen molar-refractivity contribution in [1.29, 1.82) is 0 Å². The van der Waals surface area contributed by atoms with Gasteiger partial charge in [-0.05, 0) is 48.4 Å². The number of anilines is 1. The van der Waals surface area contributed by atoms with E-state index in [9.17, 15) is 0 Å². The van der Waals surface area contributed by atoms with E-state index in [-0.39, 0.29) is 0 Å². The topological polar surface area (TPSA) is 56.8 Å². The molecule has 0 radical (unpaired) electrons. The molecule has 5 rings (SSSR count). The minimum Gasteiger partial charge on any atom is -0.366 e. The molecule has 3 aromatic rings. The average Bonchev–Trinajstić information content (AvgIpc) is 3.33. The van der Waals surface area contributed by atoms with Crippen LogP contribution in [0.15, 0.2) is 48.8 Å². The van der Waals surface area contributed by atoms with Crippen molar-refractivity contribution in [3.8, 4) is 0 Å². The number of hydrogen-bond acceptors (Lipinski definition) is 4. The highest BCUT2D eigenvalue weighted by Crippen LogP contribution is 2.40. The van der Waals surface area contributed by atoms with E-state index in [1.807, 2.05) is 12.1 Å². The monoisotopic (exact) mass is 333 g/mol. The first-order valence-corrected chi connectivity index (χ1v) is 9.18. The highest BCUT2D eigenvalue weighted by atomic mass is 15.2. The number of benzene rings is 1. The first-order valence-electron chi connectivity index (χ1n) is 9.18. The number of para-hydroxylation sites is 1. The quantitative estimate of drug-likeness (QED) is 0.769. The number of H-pyrrole nitrogens is 1. The lowest BCUT2D eigenvalue weighted by molar-refractivity contribution is 0.301. The molecule has 25 heavy (non-hydrogen) atoms. The van der Waals surface area contributed by atoms with Crippen LogP contribution in [0.4, 0.5) is 5.82 Å². The molecule has 1 aromatic carbocycles. The van der Waals surface area contributed by atoms with Gasteiger partial charge in [0.2, 0.25) is 0 Å². The van der Waals surface area contributed by atoms with E-state index < -0.39 is 0 Å². The largest absolute Gasteiger partial charge is 0.366 e. The Kier molecular flexibility index (Phi) is 3.67. The van der Waals surface area contributed by atoms with Gasteiger partial charge in [0.1, 0.15) is 5.82 Å². The average molecular weight is 333 g/mol. The lowest BCUT2D eigenvalue weighted by Crippen LogP contribution is -2.30. The second-order valence-corrected chi connectivity index (χ2v) is 7.41. The molecular formula is C20H23N5. The van der Waals surface area contributed by atoms with Crippen molar-refractivity contribution in [2.45, 2.75) is 25.4 Å². The summed E-state index contributed by atoms with van der Waals surface area (Å²) in [6, 6.07) is 13.1. The van der Waals surface area contributed by atoms with Crippen molar-refractivity contribution < 1.29 is 0 Å². The fraction of sp³-hybridized carbons (Fsp3) is 0.400. The fourth-order valence-electron chi connectivity index (χ4n) is 4.74. The lowest BCUT2D eigenvalue weighted by Gasteiger charge is -2.22. The first kappa shape index (κ1) is 14.9. The Bertz CT molecular complexity index is 859. The number of nitrogens with one attached hydrogen (secondary N) is 2. The second-order valence-electron chi connectivity index (χ2n) is 7.41. The minimum absolute atomic E-state index is 0.523. The summed E-state index contributed by atoms with van der Waals surface area (Å²) in [4.78, 5) is 6.02. The van der Waals surface area contributed by atoms with Crippen molar-refractivity contribution in [1.82, 2.24) is 20.1 Å². The van der Waals surface area contributed by atoms with E-state index >= 15 is 0 Å². The van der Waals surface area contributed by atoms with Crippen LogP contribution in [0.2, 0.25) is 0 Å². The molecule has 128 valence electrons. The van der Waals surface area contributed by atoms with Crippen LogP contribution in [0.5, 0.6) is 0 Å².